The normalized spacial score (nSPS) is 9.90. The van der Waals surface area contributed by atoms with E-state index in [1.165, 1.54) is 12.1 Å². The number of hydrogen-bond acceptors (Lipinski definition) is 2. The van der Waals surface area contributed by atoms with E-state index in [9.17, 15) is 4.39 Å². The third-order valence-electron chi connectivity index (χ3n) is 2.52. The Labute approximate surface area is 122 Å². The lowest BCUT2D eigenvalue weighted by Crippen LogP contribution is -2.19. The lowest BCUT2D eigenvalue weighted by Gasteiger charge is -2.14. The largest absolute Gasteiger partial charge is 0.492 e. The molecule has 5 heteroatoms. The SMILES string of the molecule is CCOc1ccccc1NC(=S)Nc1cccc(F)c1. The number of thiocarbonyl (C=S) groups is 1. The molecule has 0 aromatic heterocycles. The zero-order chi connectivity index (χ0) is 14.4. The molecular formula is C15H15FN2OS. The summed E-state index contributed by atoms with van der Waals surface area (Å²) in [4.78, 5) is 0. The molecule has 3 nitrogen and oxygen atoms in total. The molecule has 104 valence electrons. The van der Waals surface area contributed by atoms with Crippen LogP contribution in [0.25, 0.3) is 0 Å². The van der Waals surface area contributed by atoms with Crippen molar-refractivity contribution in [2.24, 2.45) is 0 Å². The van der Waals surface area contributed by atoms with Crippen molar-refractivity contribution >= 4 is 28.7 Å². The van der Waals surface area contributed by atoms with Gasteiger partial charge in [-0.1, -0.05) is 18.2 Å². The molecule has 0 unspecified atom stereocenters. The predicted molar refractivity (Wildman–Crippen MR) is 83.9 cm³/mol. The summed E-state index contributed by atoms with van der Waals surface area (Å²) in [5.41, 5.74) is 1.36. The van der Waals surface area contributed by atoms with Crippen molar-refractivity contribution in [2.45, 2.75) is 6.92 Å². The van der Waals surface area contributed by atoms with Gasteiger partial charge in [-0.25, -0.2) is 4.39 Å². The molecule has 0 saturated heterocycles. The summed E-state index contributed by atoms with van der Waals surface area (Å²) in [7, 11) is 0. The van der Waals surface area contributed by atoms with E-state index in [1.807, 2.05) is 31.2 Å². The van der Waals surface area contributed by atoms with Crippen molar-refractivity contribution in [3.05, 3.63) is 54.3 Å². The third-order valence-corrected chi connectivity index (χ3v) is 2.72. The summed E-state index contributed by atoms with van der Waals surface area (Å²) < 4.78 is 18.6. The number of benzene rings is 2. The van der Waals surface area contributed by atoms with Crippen LogP contribution < -0.4 is 15.4 Å². The Morgan fingerprint density at radius 1 is 1.15 bits per heavy atom. The van der Waals surface area contributed by atoms with E-state index in [2.05, 4.69) is 10.6 Å². The number of halogens is 1. The number of rotatable bonds is 4. The highest BCUT2D eigenvalue weighted by molar-refractivity contribution is 7.80. The minimum Gasteiger partial charge on any atom is -0.492 e. The first-order chi connectivity index (χ1) is 9.69. The van der Waals surface area contributed by atoms with Crippen LogP contribution in [0, 0.1) is 5.82 Å². The number of nitrogens with one attached hydrogen (secondary N) is 2. The average Bonchev–Trinajstić information content (AvgIpc) is 2.41. The summed E-state index contributed by atoms with van der Waals surface area (Å²) in [6.07, 6.45) is 0. The van der Waals surface area contributed by atoms with E-state index in [1.54, 1.807) is 12.1 Å². The van der Waals surface area contributed by atoms with Crippen LogP contribution in [-0.4, -0.2) is 11.7 Å². The molecule has 0 radical (unpaired) electrons. The molecule has 2 aromatic carbocycles. The van der Waals surface area contributed by atoms with Crippen molar-refractivity contribution in [3.8, 4) is 5.75 Å². The van der Waals surface area contributed by atoms with Crippen LogP contribution in [0.3, 0.4) is 0 Å². The minimum atomic E-state index is -0.312. The number of hydrogen-bond donors (Lipinski definition) is 2. The van der Waals surface area contributed by atoms with E-state index in [4.69, 9.17) is 17.0 Å². The number of ether oxygens (including phenoxy) is 1. The molecule has 0 fully saturated rings. The maximum absolute atomic E-state index is 13.1. The molecule has 0 aliphatic carbocycles. The van der Waals surface area contributed by atoms with Crippen molar-refractivity contribution < 1.29 is 9.13 Å². The Hall–Kier alpha value is -2.14. The first-order valence-corrected chi connectivity index (χ1v) is 6.65. The van der Waals surface area contributed by atoms with Crippen LogP contribution in [0.15, 0.2) is 48.5 Å². The van der Waals surface area contributed by atoms with Gasteiger partial charge in [-0.3, -0.25) is 0 Å². The molecule has 0 amide bonds. The van der Waals surface area contributed by atoms with Gasteiger partial charge in [0.15, 0.2) is 5.11 Å². The van der Waals surface area contributed by atoms with E-state index in [0.717, 1.165) is 11.4 Å². The van der Waals surface area contributed by atoms with Gasteiger partial charge in [-0.2, -0.15) is 0 Å². The fraction of sp³-hybridized carbons (Fsp3) is 0.133. The second-order valence-electron chi connectivity index (χ2n) is 4.02. The van der Waals surface area contributed by atoms with Crippen LogP contribution in [0.4, 0.5) is 15.8 Å². The van der Waals surface area contributed by atoms with E-state index in [0.29, 0.717) is 17.4 Å². The van der Waals surface area contributed by atoms with Crippen LogP contribution in [0.2, 0.25) is 0 Å². The number of anilines is 2. The lowest BCUT2D eigenvalue weighted by atomic mass is 10.3. The van der Waals surface area contributed by atoms with Gasteiger partial charge in [0.1, 0.15) is 11.6 Å². The molecule has 0 atom stereocenters. The third kappa shape index (κ3) is 3.93. The molecule has 2 N–H and O–H groups in total. The Morgan fingerprint density at radius 2 is 1.95 bits per heavy atom. The zero-order valence-electron chi connectivity index (χ0n) is 11.0. The maximum atomic E-state index is 13.1. The van der Waals surface area contributed by atoms with Gasteiger partial charge in [0, 0.05) is 5.69 Å². The average molecular weight is 290 g/mol. The molecule has 0 aliphatic rings. The summed E-state index contributed by atoms with van der Waals surface area (Å²) in [5, 5.41) is 6.34. The number of para-hydroxylation sites is 2. The molecule has 2 rings (SSSR count). The van der Waals surface area contributed by atoms with Crippen molar-refractivity contribution in [1.82, 2.24) is 0 Å². The Morgan fingerprint density at radius 3 is 2.70 bits per heavy atom. The first-order valence-electron chi connectivity index (χ1n) is 6.24. The molecular weight excluding hydrogens is 275 g/mol. The highest BCUT2D eigenvalue weighted by atomic mass is 32.1. The van der Waals surface area contributed by atoms with E-state index in [-0.39, 0.29) is 5.82 Å². The second-order valence-corrected chi connectivity index (χ2v) is 4.43. The molecule has 0 aliphatic heterocycles. The van der Waals surface area contributed by atoms with E-state index < -0.39 is 0 Å². The summed E-state index contributed by atoms with van der Waals surface area (Å²) in [6, 6.07) is 13.6. The van der Waals surface area contributed by atoms with Gasteiger partial charge in [-0.05, 0) is 49.5 Å². The topological polar surface area (TPSA) is 33.3 Å². The van der Waals surface area contributed by atoms with Gasteiger partial charge in [0.25, 0.3) is 0 Å². The predicted octanol–water partition coefficient (Wildman–Crippen LogP) is 4.03. The first kappa shape index (κ1) is 14.3. The maximum Gasteiger partial charge on any atom is 0.175 e. The van der Waals surface area contributed by atoms with Crippen molar-refractivity contribution in [1.29, 1.82) is 0 Å². The van der Waals surface area contributed by atoms with Crippen LogP contribution >= 0.6 is 12.2 Å². The van der Waals surface area contributed by atoms with E-state index >= 15 is 0 Å². The molecule has 0 heterocycles. The highest BCUT2D eigenvalue weighted by Crippen LogP contribution is 2.23. The fourth-order valence-electron chi connectivity index (χ4n) is 1.70. The Bertz CT molecular complexity index is 604. The highest BCUT2D eigenvalue weighted by Gasteiger charge is 2.05. The lowest BCUT2D eigenvalue weighted by molar-refractivity contribution is 0.342. The molecule has 0 spiro atoms. The molecule has 2 aromatic rings. The fourth-order valence-corrected chi connectivity index (χ4v) is 1.93. The van der Waals surface area contributed by atoms with Crippen LogP contribution in [0.5, 0.6) is 5.75 Å². The standard InChI is InChI=1S/C15H15FN2OS/c1-2-19-14-9-4-3-8-13(14)18-15(20)17-12-7-5-6-11(16)10-12/h3-10H,2H2,1H3,(H2,17,18,20). The molecule has 20 heavy (non-hydrogen) atoms. The minimum absolute atomic E-state index is 0.312. The van der Waals surface area contributed by atoms with Crippen molar-refractivity contribution in [2.75, 3.05) is 17.2 Å². The Kier molecular flexibility index (Phi) is 4.90. The summed E-state index contributed by atoms with van der Waals surface area (Å²) >= 11 is 5.20. The summed E-state index contributed by atoms with van der Waals surface area (Å²) in [6.45, 7) is 2.49. The zero-order valence-corrected chi connectivity index (χ0v) is 11.8. The molecule has 0 saturated carbocycles. The Balaban J connectivity index is 2.05. The summed E-state index contributed by atoms with van der Waals surface area (Å²) in [5.74, 6) is 0.408. The molecule has 0 bridgehead atoms. The van der Waals surface area contributed by atoms with Gasteiger partial charge in [0.2, 0.25) is 0 Å². The smallest absolute Gasteiger partial charge is 0.175 e. The van der Waals surface area contributed by atoms with Gasteiger partial charge < -0.3 is 15.4 Å². The van der Waals surface area contributed by atoms with Crippen LogP contribution in [-0.2, 0) is 0 Å². The monoisotopic (exact) mass is 290 g/mol. The van der Waals surface area contributed by atoms with Gasteiger partial charge in [-0.15, -0.1) is 0 Å². The van der Waals surface area contributed by atoms with Crippen molar-refractivity contribution in [3.63, 3.8) is 0 Å². The van der Waals surface area contributed by atoms with Gasteiger partial charge in [0.05, 0.1) is 12.3 Å². The van der Waals surface area contributed by atoms with Gasteiger partial charge >= 0.3 is 0 Å². The van der Waals surface area contributed by atoms with Crippen LogP contribution in [0.1, 0.15) is 6.92 Å². The second kappa shape index (κ2) is 6.86. The quantitative estimate of drug-likeness (QED) is 0.833.